The summed E-state index contributed by atoms with van der Waals surface area (Å²) >= 11 is 0. The first-order chi connectivity index (χ1) is 20.7. The number of anilines is 2. The monoisotopic (exact) mass is 580 g/mol. The van der Waals surface area contributed by atoms with Crippen molar-refractivity contribution < 1.29 is 24.2 Å². The number of para-hydroxylation sites is 2. The van der Waals surface area contributed by atoms with Gasteiger partial charge in [0.25, 0.3) is 5.91 Å². The summed E-state index contributed by atoms with van der Waals surface area (Å²) in [7, 11) is 1.54. The van der Waals surface area contributed by atoms with Crippen molar-refractivity contribution >= 4 is 29.2 Å². The standard InChI is InChI=1S/C34H36N4O5/c1-23(2)34(32(35)41,25-16-20-29(43-3)21-17-25)38(27-12-8-5-9-13-27)31(40)30(22-24-14-18-28(39)19-15-24)37-33(42)36-26-10-6-4-7-11-26/h4-21,23,30,39H,22H2,1-3H3,(H2,35,41)(H2,36,37,42)/t30-,34?/m1/s1. The number of hydrogen-bond acceptors (Lipinski definition) is 5. The molecule has 9 heteroatoms. The lowest BCUT2D eigenvalue weighted by atomic mass is 9.76. The van der Waals surface area contributed by atoms with Gasteiger partial charge in [0, 0.05) is 17.8 Å². The van der Waals surface area contributed by atoms with E-state index >= 15 is 0 Å². The third-order valence-corrected chi connectivity index (χ3v) is 7.34. The summed E-state index contributed by atoms with van der Waals surface area (Å²) in [5, 5.41) is 15.4. The van der Waals surface area contributed by atoms with E-state index in [0.29, 0.717) is 28.3 Å². The van der Waals surface area contributed by atoms with Crippen LogP contribution in [0.3, 0.4) is 0 Å². The van der Waals surface area contributed by atoms with Crippen LogP contribution in [0, 0.1) is 5.92 Å². The van der Waals surface area contributed by atoms with E-state index in [9.17, 15) is 19.5 Å². The molecule has 1 unspecified atom stereocenters. The smallest absolute Gasteiger partial charge is 0.319 e. The number of benzene rings is 4. The number of urea groups is 1. The van der Waals surface area contributed by atoms with Crippen molar-refractivity contribution in [1.29, 1.82) is 0 Å². The Morgan fingerprint density at radius 1 is 0.860 bits per heavy atom. The SMILES string of the molecule is COc1ccc(C(C(N)=O)(C(C)C)N(C(=O)[C@@H](Cc2ccc(O)cc2)NC(=O)Nc2ccccc2)c2ccccc2)cc1. The molecule has 0 bridgehead atoms. The first kappa shape index (κ1) is 30.6. The molecule has 9 nitrogen and oxygen atoms in total. The van der Waals surface area contributed by atoms with Crippen LogP contribution >= 0.6 is 0 Å². The molecule has 4 aromatic rings. The van der Waals surface area contributed by atoms with Crippen molar-refractivity contribution in [3.05, 3.63) is 120 Å². The molecule has 0 aromatic heterocycles. The predicted octanol–water partition coefficient (Wildman–Crippen LogP) is 5.20. The van der Waals surface area contributed by atoms with E-state index in [-0.39, 0.29) is 12.2 Å². The van der Waals surface area contributed by atoms with E-state index in [0.717, 1.165) is 0 Å². The number of aromatic hydroxyl groups is 1. The van der Waals surface area contributed by atoms with Gasteiger partial charge in [0.05, 0.1) is 7.11 Å². The zero-order valence-corrected chi connectivity index (χ0v) is 24.4. The van der Waals surface area contributed by atoms with Crippen molar-refractivity contribution in [3.63, 3.8) is 0 Å². The predicted molar refractivity (Wildman–Crippen MR) is 167 cm³/mol. The fourth-order valence-electron chi connectivity index (χ4n) is 5.26. The van der Waals surface area contributed by atoms with Gasteiger partial charge in [-0.25, -0.2) is 4.79 Å². The van der Waals surface area contributed by atoms with E-state index < -0.39 is 35.3 Å². The van der Waals surface area contributed by atoms with Crippen molar-refractivity contribution in [3.8, 4) is 11.5 Å². The van der Waals surface area contributed by atoms with Crippen molar-refractivity contribution in [2.45, 2.75) is 31.8 Å². The van der Waals surface area contributed by atoms with E-state index in [4.69, 9.17) is 10.5 Å². The summed E-state index contributed by atoms with van der Waals surface area (Å²) in [6, 6.07) is 29.1. The highest BCUT2D eigenvalue weighted by Gasteiger charge is 2.51. The third-order valence-electron chi connectivity index (χ3n) is 7.34. The van der Waals surface area contributed by atoms with Gasteiger partial charge in [-0.15, -0.1) is 0 Å². The van der Waals surface area contributed by atoms with Gasteiger partial charge in [-0.1, -0.05) is 74.5 Å². The molecule has 4 aromatic carbocycles. The quantitative estimate of drug-likeness (QED) is 0.193. The molecule has 43 heavy (non-hydrogen) atoms. The van der Waals surface area contributed by atoms with Crippen LogP contribution in [0.4, 0.5) is 16.2 Å². The maximum Gasteiger partial charge on any atom is 0.319 e. The van der Waals surface area contributed by atoms with Gasteiger partial charge in [0.15, 0.2) is 5.54 Å². The number of phenols is 1. The van der Waals surface area contributed by atoms with Crippen LogP contribution in [0.1, 0.15) is 25.0 Å². The number of rotatable bonds is 11. The second-order valence-corrected chi connectivity index (χ2v) is 10.4. The molecule has 0 saturated heterocycles. The highest BCUT2D eigenvalue weighted by molar-refractivity contribution is 6.07. The highest BCUT2D eigenvalue weighted by atomic mass is 16.5. The number of nitrogens with two attached hydrogens (primary N) is 1. The summed E-state index contributed by atoms with van der Waals surface area (Å²) in [6.07, 6.45) is 0.0696. The number of nitrogens with zero attached hydrogens (tertiary/aromatic N) is 1. The molecule has 5 N–H and O–H groups in total. The minimum atomic E-state index is -1.64. The Morgan fingerprint density at radius 2 is 1.44 bits per heavy atom. The summed E-state index contributed by atoms with van der Waals surface area (Å²) in [5.74, 6) is -1.13. The Kier molecular flexibility index (Phi) is 9.67. The minimum Gasteiger partial charge on any atom is -0.508 e. The lowest BCUT2D eigenvalue weighted by Crippen LogP contribution is -2.64. The second-order valence-electron chi connectivity index (χ2n) is 10.4. The topological polar surface area (TPSA) is 134 Å². The van der Waals surface area contributed by atoms with Crippen molar-refractivity contribution in [1.82, 2.24) is 5.32 Å². The molecule has 4 rings (SSSR count). The third kappa shape index (κ3) is 6.78. The van der Waals surface area contributed by atoms with Gasteiger partial charge >= 0.3 is 6.03 Å². The normalized spacial score (nSPS) is 12.9. The van der Waals surface area contributed by atoms with Crippen LogP contribution in [0.2, 0.25) is 0 Å². The molecule has 0 radical (unpaired) electrons. The number of methoxy groups -OCH3 is 1. The van der Waals surface area contributed by atoms with Gasteiger partial charge in [-0.2, -0.15) is 0 Å². The van der Waals surface area contributed by atoms with Crippen LogP contribution in [-0.2, 0) is 21.5 Å². The van der Waals surface area contributed by atoms with Crippen LogP contribution < -0.4 is 26.0 Å². The van der Waals surface area contributed by atoms with E-state index in [1.807, 2.05) is 19.9 Å². The molecule has 0 spiro atoms. The number of phenolic OH excluding ortho intramolecular Hbond substituents is 1. The molecular weight excluding hydrogens is 544 g/mol. The number of hydrogen-bond donors (Lipinski definition) is 4. The Labute approximate surface area is 251 Å². The van der Waals surface area contributed by atoms with Crippen LogP contribution in [-0.4, -0.2) is 36.1 Å². The Hall–Kier alpha value is -5.31. The van der Waals surface area contributed by atoms with E-state index in [1.165, 1.54) is 17.0 Å². The molecule has 4 amide bonds. The maximum atomic E-state index is 14.9. The van der Waals surface area contributed by atoms with Crippen molar-refractivity contribution in [2.75, 3.05) is 17.3 Å². The average Bonchev–Trinajstić information content (AvgIpc) is 3.01. The molecule has 2 atom stereocenters. The molecule has 0 aliphatic rings. The zero-order valence-electron chi connectivity index (χ0n) is 24.4. The number of primary amides is 1. The lowest BCUT2D eigenvalue weighted by molar-refractivity contribution is -0.131. The van der Waals surface area contributed by atoms with Crippen LogP contribution in [0.15, 0.2) is 109 Å². The van der Waals surface area contributed by atoms with Gasteiger partial charge in [0.2, 0.25) is 5.91 Å². The molecule has 222 valence electrons. The first-order valence-electron chi connectivity index (χ1n) is 13.9. The number of carbonyl (C=O) groups excluding carboxylic acids is 3. The minimum absolute atomic E-state index is 0.0689. The van der Waals surface area contributed by atoms with E-state index in [2.05, 4.69) is 10.6 Å². The molecule has 0 fully saturated rings. The average molecular weight is 581 g/mol. The first-order valence-corrected chi connectivity index (χ1v) is 13.9. The van der Waals surface area contributed by atoms with Crippen LogP contribution in [0.5, 0.6) is 11.5 Å². The summed E-state index contributed by atoms with van der Waals surface area (Å²) < 4.78 is 5.33. The zero-order chi connectivity index (χ0) is 31.0. The highest BCUT2D eigenvalue weighted by Crippen LogP contribution is 2.41. The Balaban J connectivity index is 1.86. The van der Waals surface area contributed by atoms with Gasteiger partial charge in [0.1, 0.15) is 17.5 Å². The molecule has 0 aliphatic heterocycles. The fraction of sp³-hybridized carbons (Fsp3) is 0.206. The van der Waals surface area contributed by atoms with Gasteiger partial charge in [-0.05, 0) is 65.6 Å². The molecule has 0 heterocycles. The Morgan fingerprint density at radius 3 is 1.98 bits per heavy atom. The number of ether oxygens (including phenoxy) is 1. The van der Waals surface area contributed by atoms with Crippen LogP contribution in [0.25, 0.3) is 0 Å². The maximum absolute atomic E-state index is 14.9. The molecular formula is C34H36N4O5. The molecule has 0 saturated carbocycles. The van der Waals surface area contributed by atoms with E-state index in [1.54, 1.807) is 98.1 Å². The number of amides is 4. The van der Waals surface area contributed by atoms with Gasteiger partial charge < -0.3 is 26.2 Å². The van der Waals surface area contributed by atoms with Crippen molar-refractivity contribution in [2.24, 2.45) is 11.7 Å². The second kappa shape index (κ2) is 13.6. The summed E-state index contributed by atoms with van der Waals surface area (Å²) in [6.45, 7) is 3.64. The Bertz CT molecular complexity index is 1530. The molecule has 0 aliphatic carbocycles. The largest absolute Gasteiger partial charge is 0.508 e. The summed E-state index contributed by atoms with van der Waals surface area (Å²) in [4.78, 5) is 43.2. The van der Waals surface area contributed by atoms with Gasteiger partial charge in [-0.3, -0.25) is 14.5 Å². The number of nitrogens with one attached hydrogen (secondary N) is 2. The fourth-order valence-corrected chi connectivity index (χ4v) is 5.26. The summed E-state index contributed by atoms with van der Waals surface area (Å²) in [5.41, 5.74) is 6.73. The number of carbonyl (C=O) groups is 3. The lowest BCUT2D eigenvalue weighted by Gasteiger charge is -2.46.